The van der Waals surface area contributed by atoms with Crippen LogP contribution in [0.25, 0.3) is 0 Å². The SMILES string of the molecule is CCC(C)C(C)C.COC.COc1ccc2c(c1)C1CCC(CC(C)C)CN1CC2. The van der Waals surface area contributed by atoms with E-state index in [1.165, 1.54) is 56.3 Å². The van der Waals surface area contributed by atoms with E-state index in [-0.39, 0.29) is 0 Å². The Balaban J connectivity index is 0.000000380. The van der Waals surface area contributed by atoms with Crippen molar-refractivity contribution in [3.63, 3.8) is 0 Å². The number of nitrogens with zero attached hydrogens (tertiary/aromatic N) is 1. The molecule has 2 heterocycles. The van der Waals surface area contributed by atoms with Gasteiger partial charge >= 0.3 is 0 Å². The predicted octanol–water partition coefficient (Wildman–Crippen LogP) is 7.00. The first-order chi connectivity index (χ1) is 14.3. The van der Waals surface area contributed by atoms with Crippen LogP contribution in [-0.2, 0) is 11.2 Å². The lowest BCUT2D eigenvalue weighted by Crippen LogP contribution is -2.42. The van der Waals surface area contributed by atoms with Crippen LogP contribution in [0.5, 0.6) is 5.75 Å². The third-order valence-electron chi connectivity index (χ3n) is 6.75. The van der Waals surface area contributed by atoms with Gasteiger partial charge in [0.1, 0.15) is 5.75 Å². The molecule has 30 heavy (non-hydrogen) atoms. The van der Waals surface area contributed by atoms with Crippen molar-refractivity contribution in [1.82, 2.24) is 4.90 Å². The predicted molar refractivity (Wildman–Crippen MR) is 130 cm³/mol. The van der Waals surface area contributed by atoms with Crippen LogP contribution in [0.3, 0.4) is 0 Å². The first-order valence-corrected chi connectivity index (χ1v) is 12.1. The first kappa shape index (κ1) is 27.0. The Morgan fingerprint density at radius 2 is 1.70 bits per heavy atom. The molecule has 0 radical (unpaired) electrons. The van der Waals surface area contributed by atoms with Crippen molar-refractivity contribution < 1.29 is 9.47 Å². The lowest BCUT2D eigenvalue weighted by Gasteiger charge is -2.44. The minimum atomic E-state index is 0.636. The van der Waals surface area contributed by atoms with Crippen LogP contribution in [0, 0.1) is 23.7 Å². The van der Waals surface area contributed by atoms with E-state index in [1.54, 1.807) is 21.3 Å². The second-order valence-corrected chi connectivity index (χ2v) is 9.94. The third kappa shape index (κ3) is 8.59. The molecule has 1 fully saturated rings. The molecule has 0 aromatic heterocycles. The number of benzene rings is 1. The number of hydrogen-bond acceptors (Lipinski definition) is 3. The molecule has 2 aliphatic rings. The Morgan fingerprint density at radius 1 is 1.03 bits per heavy atom. The number of piperidine rings is 1. The molecule has 0 bridgehead atoms. The summed E-state index contributed by atoms with van der Waals surface area (Å²) in [6.45, 7) is 16.3. The van der Waals surface area contributed by atoms with Gasteiger partial charge in [0.2, 0.25) is 0 Å². The maximum Gasteiger partial charge on any atom is 0.119 e. The van der Waals surface area contributed by atoms with E-state index in [2.05, 4.69) is 69.4 Å². The minimum absolute atomic E-state index is 0.636. The molecule has 174 valence electrons. The minimum Gasteiger partial charge on any atom is -0.497 e. The average molecular weight is 420 g/mol. The van der Waals surface area contributed by atoms with Crippen LogP contribution in [0.2, 0.25) is 0 Å². The van der Waals surface area contributed by atoms with Crippen molar-refractivity contribution in [2.45, 2.75) is 79.7 Å². The Morgan fingerprint density at radius 3 is 2.20 bits per heavy atom. The van der Waals surface area contributed by atoms with Crippen molar-refractivity contribution in [3.8, 4) is 5.75 Å². The summed E-state index contributed by atoms with van der Waals surface area (Å²) in [6.07, 6.45) is 6.60. The smallest absolute Gasteiger partial charge is 0.119 e. The number of rotatable bonds is 5. The zero-order valence-corrected chi connectivity index (χ0v) is 21.3. The van der Waals surface area contributed by atoms with Crippen LogP contribution in [-0.4, -0.2) is 39.3 Å². The van der Waals surface area contributed by atoms with E-state index < -0.39 is 0 Å². The van der Waals surface area contributed by atoms with Crippen LogP contribution in [0.15, 0.2) is 18.2 Å². The van der Waals surface area contributed by atoms with Crippen molar-refractivity contribution >= 4 is 0 Å². The molecule has 3 heteroatoms. The van der Waals surface area contributed by atoms with E-state index in [9.17, 15) is 0 Å². The Bertz CT molecular complexity index is 584. The molecule has 0 spiro atoms. The Hall–Kier alpha value is -1.06. The second-order valence-electron chi connectivity index (χ2n) is 9.94. The summed E-state index contributed by atoms with van der Waals surface area (Å²) in [7, 11) is 5.02. The van der Waals surface area contributed by atoms with Crippen molar-refractivity contribution in [3.05, 3.63) is 29.3 Å². The van der Waals surface area contributed by atoms with Gasteiger partial charge in [-0.25, -0.2) is 0 Å². The molecule has 1 saturated heterocycles. The van der Waals surface area contributed by atoms with Gasteiger partial charge in [-0.15, -0.1) is 0 Å². The summed E-state index contributed by atoms with van der Waals surface area (Å²) < 4.78 is 9.67. The Labute approximate surface area is 187 Å². The third-order valence-corrected chi connectivity index (χ3v) is 6.75. The lowest BCUT2D eigenvalue weighted by atomic mass is 9.81. The molecule has 0 N–H and O–H groups in total. The highest BCUT2D eigenvalue weighted by Gasteiger charge is 2.33. The van der Waals surface area contributed by atoms with Gasteiger partial charge in [-0.2, -0.15) is 0 Å². The largest absolute Gasteiger partial charge is 0.497 e. The van der Waals surface area contributed by atoms with Crippen molar-refractivity contribution in [2.75, 3.05) is 34.4 Å². The molecule has 3 atom stereocenters. The molecule has 0 aliphatic carbocycles. The van der Waals surface area contributed by atoms with Crippen LogP contribution < -0.4 is 4.74 Å². The first-order valence-electron chi connectivity index (χ1n) is 12.1. The molecular formula is C27H49NO2. The van der Waals surface area contributed by atoms with Crippen LogP contribution >= 0.6 is 0 Å². The molecule has 0 amide bonds. The number of methoxy groups -OCH3 is 2. The number of ether oxygens (including phenoxy) is 2. The molecule has 1 aromatic rings. The quantitative estimate of drug-likeness (QED) is 0.513. The summed E-state index contributed by atoms with van der Waals surface area (Å²) in [6, 6.07) is 7.29. The van der Waals surface area contributed by atoms with E-state index in [0.29, 0.717) is 6.04 Å². The van der Waals surface area contributed by atoms with E-state index >= 15 is 0 Å². The fourth-order valence-electron chi connectivity index (χ4n) is 4.56. The zero-order chi connectivity index (χ0) is 22.7. The van der Waals surface area contributed by atoms with Gasteiger partial charge in [-0.05, 0) is 72.6 Å². The van der Waals surface area contributed by atoms with Crippen molar-refractivity contribution in [2.24, 2.45) is 23.7 Å². The standard InChI is InChI=1S/C18H27NO.C7H16.C2H6O/c1-13(2)10-14-4-7-18-17-11-16(20-3)6-5-15(17)8-9-19(18)12-14;1-5-7(4)6(2)3;1-3-2/h5-6,11,13-14,18H,4,7-10,12H2,1-3H3;6-7H,5H2,1-4H3;1-2H3. The van der Waals surface area contributed by atoms with Crippen LogP contribution in [0.1, 0.15) is 84.4 Å². The fourth-order valence-corrected chi connectivity index (χ4v) is 4.56. The van der Waals surface area contributed by atoms with Gasteiger partial charge < -0.3 is 9.47 Å². The van der Waals surface area contributed by atoms with E-state index in [0.717, 1.165) is 29.4 Å². The molecule has 3 unspecified atom stereocenters. The highest BCUT2D eigenvalue weighted by Crippen LogP contribution is 2.40. The van der Waals surface area contributed by atoms with Gasteiger partial charge in [0.05, 0.1) is 7.11 Å². The van der Waals surface area contributed by atoms with E-state index in [1.807, 2.05) is 0 Å². The summed E-state index contributed by atoms with van der Waals surface area (Å²) in [5.74, 6) is 4.51. The average Bonchev–Trinajstić information content (AvgIpc) is 2.72. The maximum atomic E-state index is 5.42. The summed E-state index contributed by atoms with van der Waals surface area (Å²) in [5, 5.41) is 0. The summed E-state index contributed by atoms with van der Waals surface area (Å²) >= 11 is 0. The second kappa shape index (κ2) is 14.1. The van der Waals surface area contributed by atoms with E-state index in [4.69, 9.17) is 4.74 Å². The number of hydrogen-bond donors (Lipinski definition) is 0. The fraction of sp³-hybridized carbons (Fsp3) is 0.778. The normalized spacial score (nSPS) is 21.6. The summed E-state index contributed by atoms with van der Waals surface area (Å²) in [4.78, 5) is 2.72. The molecule has 0 saturated carbocycles. The van der Waals surface area contributed by atoms with Gasteiger partial charge in [0, 0.05) is 33.4 Å². The highest BCUT2D eigenvalue weighted by atomic mass is 16.5. The monoisotopic (exact) mass is 419 g/mol. The molecular weight excluding hydrogens is 370 g/mol. The molecule has 1 aromatic carbocycles. The maximum absolute atomic E-state index is 5.42. The molecule has 3 nitrogen and oxygen atoms in total. The van der Waals surface area contributed by atoms with Gasteiger partial charge in [-0.3, -0.25) is 4.90 Å². The highest BCUT2D eigenvalue weighted by molar-refractivity contribution is 5.39. The van der Waals surface area contributed by atoms with Gasteiger partial charge in [-0.1, -0.05) is 54.0 Å². The van der Waals surface area contributed by atoms with Gasteiger partial charge in [0.25, 0.3) is 0 Å². The topological polar surface area (TPSA) is 21.7 Å². The van der Waals surface area contributed by atoms with Gasteiger partial charge in [0.15, 0.2) is 0 Å². The zero-order valence-electron chi connectivity index (χ0n) is 21.3. The van der Waals surface area contributed by atoms with Crippen molar-refractivity contribution in [1.29, 1.82) is 0 Å². The molecule has 3 rings (SSSR count). The van der Waals surface area contributed by atoms with Crippen LogP contribution in [0.4, 0.5) is 0 Å². The number of fused-ring (bicyclic) bond motifs is 3. The Kier molecular flexibility index (Phi) is 12.7. The summed E-state index contributed by atoms with van der Waals surface area (Å²) in [5.41, 5.74) is 3.06. The lowest BCUT2D eigenvalue weighted by molar-refractivity contribution is 0.0895. The molecule has 2 aliphatic heterocycles.